The van der Waals surface area contributed by atoms with Crippen LogP contribution in [0.2, 0.25) is 0 Å². The van der Waals surface area contributed by atoms with Crippen molar-refractivity contribution in [3.05, 3.63) is 376 Å². The lowest BCUT2D eigenvalue weighted by atomic mass is 9.33. The number of aromatic nitrogens is 1. The zero-order valence-electron chi connectivity index (χ0n) is 54.7. The predicted octanol–water partition coefficient (Wildman–Crippen LogP) is 24.0. The lowest BCUT2D eigenvalue weighted by Gasteiger charge is -2.46. The number of benzene rings is 17. The number of fused-ring (bicyclic) bond motifs is 13. The zero-order valence-corrected chi connectivity index (χ0v) is 54.7. The van der Waals surface area contributed by atoms with Gasteiger partial charge in [-0.3, -0.25) is 0 Å². The molecule has 18 aromatic rings. The third kappa shape index (κ3) is 9.08. The Balaban J connectivity index is 0.998. The van der Waals surface area contributed by atoms with Gasteiger partial charge in [-0.05, 0) is 135 Å². The van der Waals surface area contributed by atoms with Crippen molar-refractivity contribution in [3.63, 3.8) is 0 Å². The molecule has 0 atom stereocenters. The van der Waals surface area contributed by atoms with E-state index >= 15 is 0 Å². The number of hydrogen-bond donors (Lipinski definition) is 0. The van der Waals surface area contributed by atoms with Gasteiger partial charge >= 0.3 is 0 Å². The highest BCUT2D eigenvalue weighted by atomic mass is 15.2. The third-order valence-corrected chi connectivity index (χ3v) is 21.1. The minimum absolute atomic E-state index is 0.261. The molecule has 0 saturated carbocycles. The molecule has 3 nitrogen and oxygen atoms in total. The summed E-state index contributed by atoms with van der Waals surface area (Å²) < 4.78 is 2.64. The SMILES string of the molecule is c1ccc(-c2ccc3c(c2)B2c4cc(-c5ccccc5)ccc4N(c4c(-c5ccccc5)cccc4-c4ccccc4)c4cc(-n5c6ccc(-c7cccc8ccccc78)cc6c6c7ccccc7c7ccccc7c65)cc(c42)N3c2c(-c3ccccc3)cccc2-c2ccccc2)cc1. The van der Waals surface area contributed by atoms with E-state index in [0.29, 0.717) is 0 Å². The van der Waals surface area contributed by atoms with E-state index in [4.69, 9.17) is 0 Å². The molecule has 0 amide bonds. The van der Waals surface area contributed by atoms with E-state index in [1.807, 2.05) is 0 Å². The molecular weight excluding hydrogens is 1210 g/mol. The van der Waals surface area contributed by atoms with Crippen LogP contribution in [-0.2, 0) is 0 Å². The number of anilines is 6. The maximum Gasteiger partial charge on any atom is 0.252 e. The average molecular weight is 1270 g/mol. The summed E-state index contributed by atoms with van der Waals surface area (Å²) in [6.45, 7) is -0.261. The van der Waals surface area contributed by atoms with Crippen LogP contribution in [0.1, 0.15) is 0 Å². The van der Waals surface area contributed by atoms with Gasteiger partial charge < -0.3 is 14.4 Å². The molecule has 2 aliphatic rings. The topological polar surface area (TPSA) is 11.4 Å². The van der Waals surface area contributed by atoms with E-state index in [0.717, 1.165) is 106 Å². The molecule has 1 aromatic heterocycles. The van der Waals surface area contributed by atoms with Crippen LogP contribution in [0.4, 0.5) is 34.1 Å². The standard InChI is InChI=1S/C96H62BN3/c1-7-28-63(29-8-1)70-52-56-88-85(59-70)97-86-60-71(64-30-9-2-10-31-64)53-57-89(86)100(95-78(68-36-15-5-16-37-68)50-27-51-79(95)69-38-17-6-18-39-69)91-62-73(61-90(93(91)97)99(88)94-76(66-32-11-3-12-33-66)48-26-49-77(94)67-34-13-4-14-35-67)98-87-55-54-72(75-47-25-41-65-40-19-20-42-74(65)75)58-84(87)92-82-45-23-21-43-80(82)81-44-22-24-46-83(81)96(92)98/h1-62H. The quantitative estimate of drug-likeness (QED) is 0.0999. The maximum absolute atomic E-state index is 2.68. The first-order valence-corrected chi connectivity index (χ1v) is 34.7. The second-order valence-electron chi connectivity index (χ2n) is 26.6. The summed E-state index contributed by atoms with van der Waals surface area (Å²) in [5.74, 6) is 0. The molecule has 0 bridgehead atoms. The molecule has 0 radical (unpaired) electrons. The van der Waals surface area contributed by atoms with Crippen molar-refractivity contribution >= 4 is 111 Å². The van der Waals surface area contributed by atoms with Crippen LogP contribution in [0.15, 0.2) is 376 Å². The van der Waals surface area contributed by atoms with Gasteiger partial charge in [0, 0.05) is 61.2 Å². The summed E-state index contributed by atoms with van der Waals surface area (Å²) in [4.78, 5) is 5.36. The molecule has 0 aliphatic carbocycles. The third-order valence-electron chi connectivity index (χ3n) is 21.1. The Morgan fingerprint density at radius 3 is 1.07 bits per heavy atom. The van der Waals surface area contributed by atoms with Crippen molar-refractivity contribution in [2.24, 2.45) is 0 Å². The van der Waals surface area contributed by atoms with Gasteiger partial charge in [0.25, 0.3) is 6.71 Å². The van der Waals surface area contributed by atoms with Gasteiger partial charge in [0.2, 0.25) is 0 Å². The number of hydrogen-bond acceptors (Lipinski definition) is 2. The molecule has 100 heavy (non-hydrogen) atoms. The number of para-hydroxylation sites is 2. The minimum Gasteiger partial charge on any atom is -0.310 e. The molecule has 464 valence electrons. The van der Waals surface area contributed by atoms with E-state index in [2.05, 4.69) is 390 Å². The monoisotopic (exact) mass is 1270 g/mol. The summed E-state index contributed by atoms with van der Waals surface area (Å²) in [7, 11) is 0. The molecule has 4 heteroatoms. The normalized spacial score (nSPS) is 12.3. The van der Waals surface area contributed by atoms with E-state index in [-0.39, 0.29) is 6.71 Å². The lowest BCUT2D eigenvalue weighted by Crippen LogP contribution is -2.61. The van der Waals surface area contributed by atoms with Crippen molar-refractivity contribution < 1.29 is 0 Å². The van der Waals surface area contributed by atoms with Crippen LogP contribution in [-0.4, -0.2) is 11.3 Å². The van der Waals surface area contributed by atoms with E-state index in [1.165, 1.54) is 81.7 Å². The van der Waals surface area contributed by atoms with Gasteiger partial charge in [-0.2, -0.15) is 0 Å². The van der Waals surface area contributed by atoms with E-state index in [9.17, 15) is 0 Å². The Bertz CT molecular complexity index is 5900. The Morgan fingerprint density at radius 1 is 0.220 bits per heavy atom. The fraction of sp³-hybridized carbons (Fsp3) is 0. The summed E-state index contributed by atoms with van der Waals surface area (Å²) in [6, 6.07) is 141. The van der Waals surface area contributed by atoms with Gasteiger partial charge in [-0.1, -0.05) is 340 Å². The van der Waals surface area contributed by atoms with Crippen LogP contribution in [0.5, 0.6) is 0 Å². The first-order valence-electron chi connectivity index (χ1n) is 34.7. The van der Waals surface area contributed by atoms with Crippen molar-refractivity contribution in [1.29, 1.82) is 0 Å². The number of rotatable bonds is 10. The van der Waals surface area contributed by atoms with E-state index < -0.39 is 0 Å². The van der Waals surface area contributed by atoms with Gasteiger partial charge in [0.1, 0.15) is 0 Å². The minimum atomic E-state index is -0.261. The Labute approximate surface area is 581 Å². The van der Waals surface area contributed by atoms with Crippen molar-refractivity contribution in [1.82, 2.24) is 4.57 Å². The Morgan fingerprint density at radius 2 is 0.590 bits per heavy atom. The highest BCUT2D eigenvalue weighted by molar-refractivity contribution is 7.00. The Hall–Kier alpha value is -13.0. The van der Waals surface area contributed by atoms with Gasteiger partial charge in [-0.25, -0.2) is 0 Å². The molecule has 0 spiro atoms. The molecule has 0 unspecified atom stereocenters. The lowest BCUT2D eigenvalue weighted by molar-refractivity contribution is 1.16. The fourth-order valence-corrected chi connectivity index (χ4v) is 16.8. The predicted molar refractivity (Wildman–Crippen MR) is 425 cm³/mol. The molecule has 20 rings (SSSR count). The molecule has 0 N–H and O–H groups in total. The van der Waals surface area contributed by atoms with Crippen LogP contribution < -0.4 is 26.2 Å². The first kappa shape index (κ1) is 57.3. The van der Waals surface area contributed by atoms with Crippen molar-refractivity contribution in [2.75, 3.05) is 9.80 Å². The number of nitrogens with zero attached hydrogens (tertiary/aromatic N) is 3. The smallest absolute Gasteiger partial charge is 0.252 e. The van der Waals surface area contributed by atoms with Crippen LogP contribution in [0.25, 0.3) is 138 Å². The molecule has 17 aromatic carbocycles. The van der Waals surface area contributed by atoms with E-state index in [1.54, 1.807) is 0 Å². The molecular formula is C96H62BN3. The van der Waals surface area contributed by atoms with Crippen LogP contribution >= 0.6 is 0 Å². The van der Waals surface area contributed by atoms with Gasteiger partial charge in [-0.15, -0.1) is 0 Å². The summed E-state index contributed by atoms with van der Waals surface area (Å²) in [6.07, 6.45) is 0. The summed E-state index contributed by atoms with van der Waals surface area (Å²) >= 11 is 0. The highest BCUT2D eigenvalue weighted by Gasteiger charge is 2.46. The largest absolute Gasteiger partial charge is 0.310 e. The van der Waals surface area contributed by atoms with Gasteiger partial charge in [0.05, 0.1) is 28.1 Å². The molecule has 0 fully saturated rings. The molecule has 3 heterocycles. The van der Waals surface area contributed by atoms with Gasteiger partial charge in [0.15, 0.2) is 0 Å². The maximum atomic E-state index is 2.68. The second kappa shape index (κ2) is 23.4. The average Bonchev–Trinajstić information content (AvgIpc) is 1.01. The zero-order chi connectivity index (χ0) is 65.8. The fourth-order valence-electron chi connectivity index (χ4n) is 16.8. The highest BCUT2D eigenvalue weighted by Crippen LogP contribution is 2.55. The first-order chi connectivity index (χ1) is 49.7. The second-order valence-corrected chi connectivity index (χ2v) is 26.6. The Kier molecular flexibility index (Phi) is 13.4. The van der Waals surface area contributed by atoms with Crippen LogP contribution in [0.3, 0.4) is 0 Å². The van der Waals surface area contributed by atoms with Crippen molar-refractivity contribution in [2.45, 2.75) is 0 Å². The molecule has 0 saturated heterocycles. The molecule has 2 aliphatic heterocycles. The van der Waals surface area contributed by atoms with Crippen LogP contribution in [0, 0.1) is 0 Å². The summed E-state index contributed by atoms with van der Waals surface area (Å²) in [5.41, 5.74) is 29.8. The van der Waals surface area contributed by atoms with Crippen molar-refractivity contribution in [3.8, 4) is 83.6 Å². The summed E-state index contributed by atoms with van der Waals surface area (Å²) in [5, 5.41) is 9.73.